The maximum atomic E-state index is 13.0. The van der Waals surface area contributed by atoms with Crippen molar-refractivity contribution in [2.45, 2.75) is 13.8 Å². The van der Waals surface area contributed by atoms with Gasteiger partial charge in [0.25, 0.3) is 17.7 Å². The summed E-state index contributed by atoms with van der Waals surface area (Å²) >= 11 is 18.2. The number of halogens is 3. The first-order valence-corrected chi connectivity index (χ1v) is 11.3. The van der Waals surface area contributed by atoms with Crippen LogP contribution in [0.5, 0.6) is 0 Å². The predicted octanol–water partition coefficient (Wildman–Crippen LogP) is 6.30. The fourth-order valence-corrected chi connectivity index (χ4v) is 4.07. The van der Waals surface area contributed by atoms with Gasteiger partial charge in [-0.1, -0.05) is 40.9 Å². The third-order valence-corrected chi connectivity index (χ3v) is 6.11. The Morgan fingerprint density at radius 1 is 0.794 bits per heavy atom. The molecule has 1 aliphatic heterocycles. The minimum atomic E-state index is -0.645. The summed E-state index contributed by atoms with van der Waals surface area (Å²) in [5.74, 6) is -1.54. The van der Waals surface area contributed by atoms with Crippen molar-refractivity contribution in [3.8, 4) is 0 Å². The Bertz CT molecular complexity index is 1370. The second kappa shape index (κ2) is 9.50. The van der Waals surface area contributed by atoms with Gasteiger partial charge in [0, 0.05) is 27.0 Å². The maximum Gasteiger partial charge on any atom is 0.283 e. The normalized spacial score (nSPS) is 13.5. The molecule has 172 valence electrons. The van der Waals surface area contributed by atoms with Crippen molar-refractivity contribution in [3.05, 3.63) is 98.1 Å². The van der Waals surface area contributed by atoms with Crippen LogP contribution >= 0.6 is 34.8 Å². The lowest BCUT2D eigenvalue weighted by molar-refractivity contribution is -0.120. The molecule has 0 unspecified atom stereocenters. The average Bonchev–Trinajstić information content (AvgIpc) is 3.01. The predicted molar refractivity (Wildman–Crippen MR) is 136 cm³/mol. The molecule has 0 saturated heterocycles. The smallest absolute Gasteiger partial charge is 0.283 e. The van der Waals surface area contributed by atoms with E-state index < -0.39 is 11.8 Å². The number of rotatable bonds is 5. The molecule has 0 aromatic heterocycles. The molecule has 3 aromatic rings. The first-order chi connectivity index (χ1) is 16.2. The van der Waals surface area contributed by atoms with Crippen molar-refractivity contribution in [2.75, 3.05) is 15.5 Å². The molecule has 9 heteroatoms. The van der Waals surface area contributed by atoms with Gasteiger partial charge in [-0.15, -0.1) is 0 Å². The highest BCUT2D eigenvalue weighted by atomic mass is 35.5. The SMILES string of the molecule is Cc1cc(Cl)ccc1NC(=O)c1ccc(NC2=C(Cl)C(=O)N(c3cc(Cl)ccc3C)C2=O)cc1. The average molecular weight is 515 g/mol. The minimum Gasteiger partial charge on any atom is -0.350 e. The van der Waals surface area contributed by atoms with Crippen molar-refractivity contribution in [3.63, 3.8) is 0 Å². The molecule has 0 saturated carbocycles. The first kappa shape index (κ1) is 23.8. The molecule has 4 rings (SSSR count). The van der Waals surface area contributed by atoms with Gasteiger partial charge in [-0.2, -0.15) is 0 Å². The molecular formula is C25H18Cl3N3O3. The number of imide groups is 1. The van der Waals surface area contributed by atoms with Crippen molar-refractivity contribution >= 4 is 69.6 Å². The van der Waals surface area contributed by atoms with Gasteiger partial charge in [0.15, 0.2) is 0 Å². The van der Waals surface area contributed by atoms with E-state index >= 15 is 0 Å². The molecule has 34 heavy (non-hydrogen) atoms. The Kier molecular flexibility index (Phi) is 6.66. The number of nitrogens with zero attached hydrogens (tertiary/aromatic N) is 1. The van der Waals surface area contributed by atoms with Crippen LogP contribution in [0.25, 0.3) is 0 Å². The van der Waals surface area contributed by atoms with Gasteiger partial charge in [0.05, 0.1) is 5.69 Å². The monoisotopic (exact) mass is 513 g/mol. The van der Waals surface area contributed by atoms with Gasteiger partial charge in [0.1, 0.15) is 10.7 Å². The number of carbonyl (C=O) groups excluding carboxylic acids is 3. The molecule has 0 bridgehead atoms. The van der Waals surface area contributed by atoms with Gasteiger partial charge >= 0.3 is 0 Å². The van der Waals surface area contributed by atoms with E-state index in [1.54, 1.807) is 61.5 Å². The molecule has 1 heterocycles. The van der Waals surface area contributed by atoms with Crippen LogP contribution in [0.15, 0.2) is 71.4 Å². The highest BCUT2D eigenvalue weighted by Gasteiger charge is 2.39. The van der Waals surface area contributed by atoms with Crippen LogP contribution in [0.3, 0.4) is 0 Å². The topological polar surface area (TPSA) is 78.5 Å². The highest BCUT2D eigenvalue weighted by Crippen LogP contribution is 2.33. The van der Waals surface area contributed by atoms with Crippen molar-refractivity contribution in [2.24, 2.45) is 0 Å². The van der Waals surface area contributed by atoms with Crippen LogP contribution < -0.4 is 15.5 Å². The molecule has 0 atom stereocenters. The lowest BCUT2D eigenvalue weighted by Gasteiger charge is -2.17. The Hall–Kier alpha value is -3.32. The summed E-state index contributed by atoms with van der Waals surface area (Å²) < 4.78 is 0. The summed E-state index contributed by atoms with van der Waals surface area (Å²) in [5.41, 5.74) is 3.39. The summed E-state index contributed by atoms with van der Waals surface area (Å²) in [4.78, 5) is 39.3. The second-order valence-electron chi connectivity index (χ2n) is 7.68. The lowest BCUT2D eigenvalue weighted by atomic mass is 10.1. The summed E-state index contributed by atoms with van der Waals surface area (Å²) in [6, 6.07) is 16.5. The van der Waals surface area contributed by atoms with E-state index in [0.29, 0.717) is 38.2 Å². The largest absolute Gasteiger partial charge is 0.350 e. The molecular weight excluding hydrogens is 497 g/mol. The first-order valence-electron chi connectivity index (χ1n) is 10.1. The number of benzene rings is 3. The summed E-state index contributed by atoms with van der Waals surface area (Å²) in [7, 11) is 0. The zero-order valence-electron chi connectivity index (χ0n) is 18.1. The van der Waals surface area contributed by atoms with E-state index in [1.807, 2.05) is 6.92 Å². The fourth-order valence-electron chi connectivity index (χ4n) is 3.46. The molecule has 0 aliphatic carbocycles. The van der Waals surface area contributed by atoms with Gasteiger partial charge in [0.2, 0.25) is 0 Å². The van der Waals surface area contributed by atoms with Gasteiger partial charge in [-0.3, -0.25) is 14.4 Å². The van der Waals surface area contributed by atoms with E-state index in [0.717, 1.165) is 10.5 Å². The Morgan fingerprint density at radius 3 is 2.12 bits per heavy atom. The van der Waals surface area contributed by atoms with Crippen LogP contribution in [-0.2, 0) is 9.59 Å². The number of anilines is 3. The van der Waals surface area contributed by atoms with Gasteiger partial charge < -0.3 is 10.6 Å². The van der Waals surface area contributed by atoms with E-state index in [4.69, 9.17) is 34.8 Å². The van der Waals surface area contributed by atoms with Gasteiger partial charge in [-0.05, 0) is 79.6 Å². The molecule has 3 aromatic carbocycles. The maximum absolute atomic E-state index is 13.0. The van der Waals surface area contributed by atoms with Gasteiger partial charge in [-0.25, -0.2) is 4.90 Å². The van der Waals surface area contributed by atoms with E-state index in [9.17, 15) is 14.4 Å². The molecule has 0 fully saturated rings. The van der Waals surface area contributed by atoms with E-state index in [2.05, 4.69) is 10.6 Å². The Balaban J connectivity index is 1.50. The third-order valence-electron chi connectivity index (χ3n) is 5.29. The number of aryl methyl sites for hydroxylation is 2. The van der Waals surface area contributed by atoms with Crippen LogP contribution in [-0.4, -0.2) is 17.7 Å². The molecule has 6 nitrogen and oxygen atoms in total. The van der Waals surface area contributed by atoms with Crippen LogP contribution in [0.4, 0.5) is 17.1 Å². The molecule has 2 N–H and O–H groups in total. The summed E-state index contributed by atoms with van der Waals surface area (Å²) in [5, 5.41) is 6.47. The van der Waals surface area contributed by atoms with Crippen LogP contribution in [0.2, 0.25) is 10.0 Å². The number of hydrogen-bond acceptors (Lipinski definition) is 4. The van der Waals surface area contributed by atoms with E-state index in [-0.39, 0.29) is 16.6 Å². The minimum absolute atomic E-state index is 0.0555. The van der Waals surface area contributed by atoms with Crippen molar-refractivity contribution < 1.29 is 14.4 Å². The summed E-state index contributed by atoms with van der Waals surface area (Å²) in [6.07, 6.45) is 0. The lowest BCUT2D eigenvalue weighted by Crippen LogP contribution is -2.32. The third kappa shape index (κ3) is 4.66. The van der Waals surface area contributed by atoms with Crippen molar-refractivity contribution in [1.82, 2.24) is 0 Å². The number of amides is 3. The quantitative estimate of drug-likeness (QED) is 0.392. The molecule has 0 radical (unpaired) electrons. The fraction of sp³-hybridized carbons (Fsp3) is 0.0800. The molecule has 3 amide bonds. The number of hydrogen-bond donors (Lipinski definition) is 2. The standard InChI is InChI=1S/C25H18Cl3N3O3/c1-13-3-6-17(27)12-20(13)31-24(33)21(28)22(25(31)34)29-18-8-4-15(5-9-18)23(32)30-19-10-7-16(26)11-14(19)2/h3-12,29H,1-2H3,(H,30,32). The Labute approximate surface area is 211 Å². The van der Waals surface area contributed by atoms with Crippen LogP contribution in [0, 0.1) is 13.8 Å². The number of nitrogens with one attached hydrogen (secondary N) is 2. The van der Waals surface area contributed by atoms with Crippen LogP contribution in [0.1, 0.15) is 21.5 Å². The zero-order valence-corrected chi connectivity index (χ0v) is 20.3. The van der Waals surface area contributed by atoms with Crippen molar-refractivity contribution in [1.29, 1.82) is 0 Å². The number of carbonyl (C=O) groups is 3. The molecule has 0 spiro atoms. The summed E-state index contributed by atoms with van der Waals surface area (Å²) in [6.45, 7) is 3.61. The molecule has 1 aliphatic rings. The van der Waals surface area contributed by atoms with E-state index in [1.165, 1.54) is 6.07 Å². The highest BCUT2D eigenvalue weighted by molar-refractivity contribution is 6.53. The second-order valence-corrected chi connectivity index (χ2v) is 8.93. The Morgan fingerprint density at radius 2 is 1.44 bits per heavy atom. The zero-order chi connectivity index (χ0) is 24.6.